The number of fused-ring (bicyclic) bond motifs is 1. The highest BCUT2D eigenvalue weighted by Crippen LogP contribution is 2.37. The number of hydroxylamine groups is 2. The monoisotopic (exact) mass is 619 g/mol. The zero-order valence-electron chi connectivity index (χ0n) is 24.2. The van der Waals surface area contributed by atoms with Gasteiger partial charge in [0.25, 0.3) is 0 Å². The molecular formula is C29H37F4N9O2. The fourth-order valence-corrected chi connectivity index (χ4v) is 6.39. The summed E-state index contributed by atoms with van der Waals surface area (Å²) >= 11 is 0. The number of halogens is 4. The number of amides is 1. The first-order valence-corrected chi connectivity index (χ1v) is 15.3. The quantitative estimate of drug-likeness (QED) is 0.241. The van der Waals surface area contributed by atoms with Gasteiger partial charge in [0.2, 0.25) is 5.95 Å². The predicted molar refractivity (Wildman–Crippen MR) is 156 cm³/mol. The number of anilines is 3. The molecule has 1 amide bonds. The highest BCUT2D eigenvalue weighted by atomic mass is 19.4. The maximum absolute atomic E-state index is 14.1. The lowest BCUT2D eigenvalue weighted by atomic mass is 9.92. The van der Waals surface area contributed by atoms with Gasteiger partial charge in [0.1, 0.15) is 5.82 Å². The number of benzene rings is 1. The zero-order valence-corrected chi connectivity index (χ0v) is 24.2. The van der Waals surface area contributed by atoms with Crippen molar-refractivity contribution in [2.75, 3.05) is 29.0 Å². The van der Waals surface area contributed by atoms with Crippen molar-refractivity contribution in [2.45, 2.75) is 94.6 Å². The number of para-hydroxylation sites is 1. The highest BCUT2D eigenvalue weighted by Gasteiger charge is 2.36. The summed E-state index contributed by atoms with van der Waals surface area (Å²) in [7, 11) is 0. The lowest BCUT2D eigenvalue weighted by molar-refractivity contribution is -0.137. The molecule has 11 nitrogen and oxygen atoms in total. The minimum atomic E-state index is -4.84. The van der Waals surface area contributed by atoms with Gasteiger partial charge in [0, 0.05) is 37.3 Å². The van der Waals surface area contributed by atoms with Crippen LogP contribution >= 0.6 is 0 Å². The molecule has 0 spiro atoms. The van der Waals surface area contributed by atoms with Gasteiger partial charge in [-0.05, 0) is 63.5 Å². The van der Waals surface area contributed by atoms with Gasteiger partial charge in [-0.2, -0.15) is 23.1 Å². The van der Waals surface area contributed by atoms with E-state index in [1.165, 1.54) is 17.9 Å². The van der Waals surface area contributed by atoms with Gasteiger partial charge in [0.15, 0.2) is 17.0 Å². The average molecular weight is 620 g/mol. The van der Waals surface area contributed by atoms with E-state index in [0.29, 0.717) is 55.3 Å². The van der Waals surface area contributed by atoms with Gasteiger partial charge in [-0.3, -0.25) is 5.32 Å². The second-order valence-electron chi connectivity index (χ2n) is 11.9. The Kier molecular flexibility index (Phi) is 8.76. The molecule has 0 bridgehead atoms. The highest BCUT2D eigenvalue weighted by molar-refractivity contribution is 5.86. The predicted octanol–water partition coefficient (Wildman–Crippen LogP) is 5.82. The molecule has 6 rings (SSSR count). The van der Waals surface area contributed by atoms with Crippen molar-refractivity contribution in [3.05, 3.63) is 35.9 Å². The summed E-state index contributed by atoms with van der Waals surface area (Å²) in [5.41, 5.74) is 5.32. The molecule has 0 atom stereocenters. The van der Waals surface area contributed by atoms with Crippen LogP contribution in [0.2, 0.25) is 0 Å². The van der Waals surface area contributed by atoms with Crippen LogP contribution in [0.15, 0.2) is 24.5 Å². The van der Waals surface area contributed by atoms with Crippen LogP contribution in [0.1, 0.15) is 75.8 Å². The van der Waals surface area contributed by atoms with Crippen LogP contribution in [0.4, 0.5) is 39.8 Å². The Balaban J connectivity index is 1.11. The molecule has 2 aliphatic carbocycles. The molecular weight excluding hydrogens is 582 g/mol. The number of carbonyl (C=O) groups excluding carboxylic acids is 1. The molecule has 0 radical (unpaired) electrons. The number of aromatic nitrogens is 4. The molecule has 3 aromatic rings. The summed E-state index contributed by atoms with van der Waals surface area (Å²) in [6, 6.07) is 3.27. The van der Waals surface area contributed by atoms with E-state index in [-0.39, 0.29) is 18.1 Å². The molecule has 238 valence electrons. The van der Waals surface area contributed by atoms with E-state index in [0.717, 1.165) is 56.3 Å². The maximum atomic E-state index is 14.1. The van der Waals surface area contributed by atoms with Gasteiger partial charge >= 0.3 is 12.3 Å². The normalized spacial score (nSPS) is 22.3. The van der Waals surface area contributed by atoms with E-state index in [9.17, 15) is 22.4 Å². The molecule has 0 unspecified atom stereocenters. The van der Waals surface area contributed by atoms with E-state index < -0.39 is 29.3 Å². The summed E-state index contributed by atoms with van der Waals surface area (Å²) < 4.78 is 56.2. The van der Waals surface area contributed by atoms with Crippen LogP contribution in [-0.2, 0) is 11.0 Å². The average Bonchev–Trinajstić information content (AvgIpc) is 3.66. The number of hydrogen-bond donors (Lipinski definition) is 4. The van der Waals surface area contributed by atoms with Crippen LogP contribution in [0.25, 0.3) is 11.2 Å². The number of imidazole rings is 1. The van der Waals surface area contributed by atoms with Gasteiger partial charge in [-0.25, -0.2) is 14.2 Å². The Labute approximate surface area is 251 Å². The molecule has 3 aliphatic rings. The molecule has 3 fully saturated rings. The summed E-state index contributed by atoms with van der Waals surface area (Å²) in [6.45, 7) is 0.624. The van der Waals surface area contributed by atoms with Crippen molar-refractivity contribution in [1.82, 2.24) is 24.6 Å². The summed E-state index contributed by atoms with van der Waals surface area (Å²) in [4.78, 5) is 32.0. The molecule has 3 heterocycles. The SMILES string of the molecule is N[C@H]1CC[C@H](Nc2nc(NC3CCN(OC(=O)Nc4c(F)cccc4C(F)(F)F)CC3)c3ncn(C4CCCC4)c3n2)CC1. The third-order valence-corrected chi connectivity index (χ3v) is 8.80. The smallest absolute Gasteiger partial charge is 0.365 e. The van der Waals surface area contributed by atoms with E-state index in [1.807, 2.05) is 11.6 Å². The van der Waals surface area contributed by atoms with Crippen molar-refractivity contribution in [2.24, 2.45) is 5.73 Å². The Bertz CT molecular complexity index is 1460. The van der Waals surface area contributed by atoms with Crippen LogP contribution < -0.4 is 21.7 Å². The lowest BCUT2D eigenvalue weighted by Gasteiger charge is -2.31. The standard InChI is InChI=1S/C29H37F4N9O2/c30-22-7-3-6-21(29(31,32)33)23(22)38-28(43)44-41-14-12-19(13-15-41)36-25-24-26(42(16-35-24)20-4-1-2-5-20)40-27(39-25)37-18-10-8-17(34)9-11-18/h3,6-7,16-20H,1-2,4-5,8-15,34H2,(H,38,43)(H2,36,37,39,40)/t17-,18-. The van der Waals surface area contributed by atoms with E-state index in [4.69, 9.17) is 20.5 Å². The fourth-order valence-electron chi connectivity index (χ4n) is 6.39. The number of hydrogen-bond acceptors (Lipinski definition) is 9. The van der Waals surface area contributed by atoms with Crippen molar-refractivity contribution < 1.29 is 27.2 Å². The molecule has 15 heteroatoms. The van der Waals surface area contributed by atoms with Gasteiger partial charge in [-0.1, -0.05) is 18.9 Å². The van der Waals surface area contributed by atoms with E-state index in [1.54, 1.807) is 0 Å². The minimum Gasteiger partial charge on any atom is -0.365 e. The van der Waals surface area contributed by atoms with Crippen LogP contribution in [0, 0.1) is 5.82 Å². The van der Waals surface area contributed by atoms with Crippen LogP contribution in [0.5, 0.6) is 0 Å². The van der Waals surface area contributed by atoms with Crippen molar-refractivity contribution in [3.8, 4) is 0 Å². The van der Waals surface area contributed by atoms with E-state index >= 15 is 0 Å². The van der Waals surface area contributed by atoms with Crippen LogP contribution in [0.3, 0.4) is 0 Å². The first kappa shape index (κ1) is 30.3. The van der Waals surface area contributed by atoms with Crippen molar-refractivity contribution >= 4 is 34.7 Å². The molecule has 44 heavy (non-hydrogen) atoms. The second-order valence-corrected chi connectivity index (χ2v) is 11.9. The number of nitrogens with zero attached hydrogens (tertiary/aromatic N) is 5. The molecule has 2 saturated carbocycles. The fraction of sp³-hybridized carbons (Fsp3) is 0.586. The third-order valence-electron chi connectivity index (χ3n) is 8.80. The molecule has 1 saturated heterocycles. The third kappa shape index (κ3) is 6.83. The number of piperidine rings is 1. The topological polar surface area (TPSA) is 135 Å². The number of nitrogens with two attached hydrogens (primary N) is 1. The Hall–Kier alpha value is -3.72. The molecule has 1 aromatic carbocycles. The lowest BCUT2D eigenvalue weighted by Crippen LogP contribution is -2.41. The maximum Gasteiger partial charge on any atom is 0.430 e. The Morgan fingerprint density at radius 2 is 1.66 bits per heavy atom. The molecule has 2 aromatic heterocycles. The number of rotatable bonds is 7. The zero-order chi connectivity index (χ0) is 30.8. The first-order valence-electron chi connectivity index (χ1n) is 15.3. The minimum absolute atomic E-state index is 0.0310. The summed E-state index contributed by atoms with van der Waals surface area (Å²) in [5.74, 6) is -0.0331. The molecule has 5 N–H and O–H groups in total. The summed E-state index contributed by atoms with van der Waals surface area (Å²) in [6.07, 6.45) is 5.25. The number of alkyl halides is 3. The second kappa shape index (κ2) is 12.7. The van der Waals surface area contributed by atoms with Crippen molar-refractivity contribution in [3.63, 3.8) is 0 Å². The van der Waals surface area contributed by atoms with E-state index in [2.05, 4.69) is 20.2 Å². The Morgan fingerprint density at radius 3 is 2.36 bits per heavy atom. The van der Waals surface area contributed by atoms with Gasteiger partial charge in [-0.15, -0.1) is 5.06 Å². The van der Waals surface area contributed by atoms with Gasteiger partial charge in [0.05, 0.1) is 17.6 Å². The number of carbonyl (C=O) groups is 1. The first-order chi connectivity index (χ1) is 21.1. The Morgan fingerprint density at radius 1 is 0.955 bits per heavy atom. The molecule has 1 aliphatic heterocycles. The van der Waals surface area contributed by atoms with Crippen LogP contribution in [-0.4, -0.2) is 61.9 Å². The van der Waals surface area contributed by atoms with Crippen molar-refractivity contribution in [1.29, 1.82) is 0 Å². The largest absolute Gasteiger partial charge is 0.430 e. The summed E-state index contributed by atoms with van der Waals surface area (Å²) in [5, 5.41) is 10.3. The van der Waals surface area contributed by atoms with Gasteiger partial charge < -0.3 is 25.8 Å². The number of nitrogens with one attached hydrogen (secondary N) is 3.